The Morgan fingerprint density at radius 2 is 1.92 bits per heavy atom. The van der Waals surface area contributed by atoms with Crippen LogP contribution in [-0.2, 0) is 0 Å². The van der Waals surface area contributed by atoms with Crippen LogP contribution in [0.4, 0.5) is 5.82 Å². The first-order valence-electron chi connectivity index (χ1n) is 9.34. The Bertz CT molecular complexity index is 866. The zero-order valence-electron chi connectivity index (χ0n) is 15.4. The molecule has 0 spiro atoms. The number of benzene rings is 1. The quantitative estimate of drug-likeness (QED) is 0.755. The summed E-state index contributed by atoms with van der Waals surface area (Å²) in [5, 5.41) is 8.55. The largest absolute Gasteiger partial charge is 0.368 e. The van der Waals surface area contributed by atoms with Gasteiger partial charge in [-0.25, -0.2) is 4.98 Å². The van der Waals surface area contributed by atoms with Gasteiger partial charge in [-0.1, -0.05) is 41.9 Å². The molecule has 3 heterocycles. The fourth-order valence-corrected chi connectivity index (χ4v) is 3.45. The lowest BCUT2D eigenvalue weighted by atomic mass is 9.99. The summed E-state index contributed by atoms with van der Waals surface area (Å²) < 4.78 is 5.43. The van der Waals surface area contributed by atoms with Crippen molar-refractivity contribution in [2.24, 2.45) is 5.92 Å². The van der Waals surface area contributed by atoms with Crippen molar-refractivity contribution in [2.45, 2.75) is 26.7 Å². The first-order valence-corrected chi connectivity index (χ1v) is 9.34. The van der Waals surface area contributed by atoms with Crippen LogP contribution < -0.4 is 5.32 Å². The van der Waals surface area contributed by atoms with E-state index in [4.69, 9.17) is 4.52 Å². The van der Waals surface area contributed by atoms with Crippen LogP contribution in [0.1, 0.15) is 25.3 Å². The fourth-order valence-electron chi connectivity index (χ4n) is 3.45. The zero-order chi connectivity index (χ0) is 17.9. The van der Waals surface area contributed by atoms with Gasteiger partial charge in [-0.05, 0) is 38.8 Å². The normalized spacial score (nSPS) is 16.2. The molecule has 6 nitrogen and oxygen atoms in total. The zero-order valence-corrected chi connectivity index (χ0v) is 15.4. The van der Waals surface area contributed by atoms with Crippen LogP contribution in [0.2, 0.25) is 0 Å². The third kappa shape index (κ3) is 3.55. The maximum atomic E-state index is 5.43. The number of anilines is 1. The number of fused-ring (bicyclic) bond motifs is 1. The van der Waals surface area contributed by atoms with E-state index >= 15 is 0 Å². The van der Waals surface area contributed by atoms with Crippen molar-refractivity contribution in [1.82, 2.24) is 20.0 Å². The van der Waals surface area contributed by atoms with E-state index in [9.17, 15) is 0 Å². The molecule has 6 heteroatoms. The maximum Gasteiger partial charge on any atom is 0.263 e. The van der Waals surface area contributed by atoms with E-state index in [1.54, 1.807) is 0 Å². The highest BCUT2D eigenvalue weighted by Gasteiger charge is 2.18. The van der Waals surface area contributed by atoms with Crippen molar-refractivity contribution in [3.8, 4) is 11.3 Å². The number of piperidine rings is 1. The van der Waals surface area contributed by atoms with Crippen LogP contribution in [0.3, 0.4) is 0 Å². The van der Waals surface area contributed by atoms with Gasteiger partial charge in [0.1, 0.15) is 23.2 Å². The fraction of sp³-hybridized carbons (Fsp3) is 0.450. The first kappa shape index (κ1) is 17.0. The van der Waals surface area contributed by atoms with Gasteiger partial charge in [0.25, 0.3) is 5.71 Å². The van der Waals surface area contributed by atoms with Crippen LogP contribution in [0, 0.1) is 12.8 Å². The summed E-state index contributed by atoms with van der Waals surface area (Å²) in [6, 6.07) is 8.25. The molecule has 0 atom stereocenters. The molecule has 1 fully saturated rings. The molecule has 0 bridgehead atoms. The number of aromatic nitrogens is 3. The Morgan fingerprint density at radius 1 is 1.15 bits per heavy atom. The van der Waals surface area contributed by atoms with Crippen molar-refractivity contribution in [2.75, 3.05) is 31.5 Å². The molecule has 1 aromatic carbocycles. The van der Waals surface area contributed by atoms with Crippen molar-refractivity contribution in [1.29, 1.82) is 0 Å². The molecule has 0 aliphatic carbocycles. The number of hydrogen-bond donors (Lipinski definition) is 1. The highest BCUT2D eigenvalue weighted by atomic mass is 16.5. The lowest BCUT2D eigenvalue weighted by molar-refractivity contribution is 0.199. The monoisotopic (exact) mass is 351 g/mol. The Kier molecular flexibility index (Phi) is 4.84. The van der Waals surface area contributed by atoms with E-state index in [2.05, 4.69) is 63.5 Å². The number of likely N-dealkylation sites (tertiary alicyclic amines) is 1. The summed E-state index contributed by atoms with van der Waals surface area (Å²) in [4.78, 5) is 11.2. The molecular formula is C20H25N5O. The standard InChI is InChI=1S/C20H25N5O/c1-14-3-5-16(6-4-14)18-17-19(22-13-23-20(17)26-24-18)21-9-12-25-10-7-15(2)8-11-25/h3-6,13,15H,7-12H2,1-2H3,(H,21,22,23). The minimum absolute atomic E-state index is 0.518. The summed E-state index contributed by atoms with van der Waals surface area (Å²) in [5.41, 5.74) is 3.53. The number of aryl methyl sites for hydroxylation is 1. The number of hydrogen-bond acceptors (Lipinski definition) is 6. The van der Waals surface area contributed by atoms with Crippen molar-refractivity contribution < 1.29 is 4.52 Å². The summed E-state index contributed by atoms with van der Waals surface area (Å²) >= 11 is 0. The third-order valence-corrected chi connectivity index (χ3v) is 5.19. The first-order chi connectivity index (χ1) is 12.7. The second kappa shape index (κ2) is 7.41. The van der Waals surface area contributed by atoms with E-state index in [0.717, 1.165) is 41.5 Å². The van der Waals surface area contributed by atoms with Gasteiger partial charge in [0.2, 0.25) is 0 Å². The molecule has 3 aromatic rings. The minimum Gasteiger partial charge on any atom is -0.368 e. The van der Waals surface area contributed by atoms with Gasteiger partial charge < -0.3 is 14.7 Å². The summed E-state index contributed by atoms with van der Waals surface area (Å²) in [7, 11) is 0. The van der Waals surface area contributed by atoms with E-state index in [-0.39, 0.29) is 0 Å². The smallest absolute Gasteiger partial charge is 0.263 e. The summed E-state index contributed by atoms with van der Waals surface area (Å²) in [5.74, 6) is 1.65. The SMILES string of the molecule is Cc1ccc(-c2noc3ncnc(NCCN4CCC(C)CC4)c23)cc1. The molecule has 0 saturated carbocycles. The van der Waals surface area contributed by atoms with Gasteiger partial charge >= 0.3 is 0 Å². The second-order valence-corrected chi connectivity index (χ2v) is 7.25. The van der Waals surface area contributed by atoms with E-state index in [1.807, 2.05) is 0 Å². The Balaban J connectivity index is 1.52. The molecule has 26 heavy (non-hydrogen) atoms. The molecule has 0 amide bonds. The molecular weight excluding hydrogens is 326 g/mol. The molecule has 1 aliphatic rings. The van der Waals surface area contributed by atoms with Gasteiger partial charge in [-0.3, -0.25) is 0 Å². The average Bonchev–Trinajstić information content (AvgIpc) is 3.09. The molecule has 1 saturated heterocycles. The van der Waals surface area contributed by atoms with Crippen LogP contribution in [-0.4, -0.2) is 46.2 Å². The van der Waals surface area contributed by atoms with Gasteiger partial charge in [0.15, 0.2) is 0 Å². The number of rotatable bonds is 5. The van der Waals surface area contributed by atoms with Gasteiger partial charge in [0, 0.05) is 18.7 Å². The highest BCUT2D eigenvalue weighted by Crippen LogP contribution is 2.31. The minimum atomic E-state index is 0.518. The molecule has 1 aliphatic heterocycles. The van der Waals surface area contributed by atoms with Crippen LogP contribution in [0.5, 0.6) is 0 Å². The van der Waals surface area contributed by atoms with Crippen molar-refractivity contribution >= 4 is 16.9 Å². The van der Waals surface area contributed by atoms with Gasteiger partial charge in [-0.2, -0.15) is 4.98 Å². The third-order valence-electron chi connectivity index (χ3n) is 5.19. The predicted octanol–water partition coefficient (Wildman–Crippen LogP) is 3.74. The Labute approximate surface area is 153 Å². The lowest BCUT2D eigenvalue weighted by Crippen LogP contribution is -2.36. The molecule has 4 rings (SSSR count). The lowest BCUT2D eigenvalue weighted by Gasteiger charge is -2.30. The Morgan fingerprint density at radius 3 is 2.69 bits per heavy atom. The van der Waals surface area contributed by atoms with E-state index in [0.29, 0.717) is 5.71 Å². The molecule has 0 unspecified atom stereocenters. The molecule has 0 radical (unpaired) electrons. The maximum absolute atomic E-state index is 5.43. The summed E-state index contributed by atoms with van der Waals surface area (Å²) in [6.45, 7) is 8.64. The molecule has 136 valence electrons. The van der Waals surface area contributed by atoms with Gasteiger partial charge in [0.05, 0.1) is 0 Å². The van der Waals surface area contributed by atoms with Crippen molar-refractivity contribution in [3.63, 3.8) is 0 Å². The van der Waals surface area contributed by atoms with Gasteiger partial charge in [-0.15, -0.1) is 0 Å². The molecule has 1 N–H and O–H groups in total. The Hall–Kier alpha value is -2.47. The van der Waals surface area contributed by atoms with Crippen LogP contribution in [0.25, 0.3) is 22.4 Å². The highest BCUT2D eigenvalue weighted by molar-refractivity contribution is 5.97. The summed E-state index contributed by atoms with van der Waals surface area (Å²) in [6.07, 6.45) is 4.11. The second-order valence-electron chi connectivity index (χ2n) is 7.25. The number of nitrogens with zero attached hydrogens (tertiary/aromatic N) is 4. The average molecular weight is 351 g/mol. The van der Waals surface area contributed by atoms with Crippen molar-refractivity contribution in [3.05, 3.63) is 36.2 Å². The predicted molar refractivity (Wildman–Crippen MR) is 103 cm³/mol. The van der Waals surface area contributed by atoms with E-state index in [1.165, 1.54) is 37.8 Å². The topological polar surface area (TPSA) is 67.1 Å². The van der Waals surface area contributed by atoms with Crippen LogP contribution >= 0.6 is 0 Å². The number of nitrogens with one attached hydrogen (secondary N) is 1. The molecule has 2 aromatic heterocycles. The van der Waals surface area contributed by atoms with Crippen LogP contribution in [0.15, 0.2) is 35.1 Å². The van der Waals surface area contributed by atoms with E-state index < -0.39 is 0 Å².